The number of urea groups is 1. The van der Waals surface area contributed by atoms with Crippen LogP contribution in [0.25, 0.3) is 0 Å². The van der Waals surface area contributed by atoms with Crippen LogP contribution in [0.15, 0.2) is 85.2 Å². The molecule has 1 aromatic heterocycles. The first-order valence-electron chi connectivity index (χ1n) is 15.1. The highest BCUT2D eigenvalue weighted by atomic mass is 19.1. The van der Waals surface area contributed by atoms with Crippen molar-refractivity contribution in [3.63, 3.8) is 0 Å². The normalized spacial score (nSPS) is 20.7. The maximum Gasteiger partial charge on any atom is 0.332 e. The highest BCUT2D eigenvalue weighted by molar-refractivity contribution is 6.16. The molecule has 44 heavy (non-hydrogen) atoms. The van der Waals surface area contributed by atoms with Crippen LogP contribution < -0.4 is 9.64 Å². The van der Waals surface area contributed by atoms with Crippen molar-refractivity contribution in [3.8, 4) is 5.75 Å². The van der Waals surface area contributed by atoms with Crippen LogP contribution in [0.5, 0.6) is 5.75 Å². The van der Waals surface area contributed by atoms with Gasteiger partial charge in [-0.3, -0.25) is 19.5 Å². The van der Waals surface area contributed by atoms with Crippen molar-refractivity contribution in [2.24, 2.45) is 0 Å². The van der Waals surface area contributed by atoms with Gasteiger partial charge in [-0.15, -0.1) is 0 Å². The van der Waals surface area contributed by atoms with Crippen LogP contribution in [0, 0.1) is 5.82 Å². The Bertz CT molecular complexity index is 1640. The predicted molar refractivity (Wildman–Crippen MR) is 164 cm³/mol. The molecule has 2 fully saturated rings. The third-order valence-corrected chi connectivity index (χ3v) is 8.46. The van der Waals surface area contributed by atoms with E-state index in [2.05, 4.69) is 28.0 Å². The molecule has 2 atom stereocenters. The molecule has 0 bridgehead atoms. The number of carbonyl (C=O) groups is 2. The molecular formula is C34H37FN6O3. The number of likely N-dealkylation sites (tertiary alicyclic amines) is 1. The van der Waals surface area contributed by atoms with Gasteiger partial charge < -0.3 is 4.74 Å². The van der Waals surface area contributed by atoms with Crippen LogP contribution >= 0.6 is 0 Å². The van der Waals surface area contributed by atoms with E-state index in [0.29, 0.717) is 44.0 Å². The predicted octanol–water partition coefficient (Wildman–Crippen LogP) is 5.64. The van der Waals surface area contributed by atoms with Gasteiger partial charge in [-0.25, -0.2) is 18.9 Å². The molecule has 0 N–H and O–H groups in total. The van der Waals surface area contributed by atoms with E-state index in [4.69, 9.17) is 4.74 Å². The zero-order valence-corrected chi connectivity index (χ0v) is 25.3. The zero-order chi connectivity index (χ0) is 30.8. The molecule has 2 aliphatic heterocycles. The largest absolute Gasteiger partial charge is 0.491 e. The van der Waals surface area contributed by atoms with Crippen LogP contribution in [-0.4, -0.2) is 60.7 Å². The lowest BCUT2D eigenvalue weighted by atomic mass is 9.81. The third-order valence-electron chi connectivity index (χ3n) is 8.46. The van der Waals surface area contributed by atoms with Crippen molar-refractivity contribution >= 4 is 17.6 Å². The molecule has 0 radical (unpaired) electrons. The molecule has 6 rings (SSSR count). The van der Waals surface area contributed by atoms with Crippen molar-refractivity contribution in [2.75, 3.05) is 11.4 Å². The molecule has 2 aliphatic rings. The Morgan fingerprint density at radius 3 is 2.48 bits per heavy atom. The monoisotopic (exact) mass is 596 g/mol. The third kappa shape index (κ3) is 5.81. The van der Waals surface area contributed by atoms with Gasteiger partial charge in [0.15, 0.2) is 0 Å². The minimum atomic E-state index is -1.15. The fourth-order valence-corrected chi connectivity index (χ4v) is 6.41. The second kappa shape index (κ2) is 12.2. The van der Waals surface area contributed by atoms with Gasteiger partial charge in [-0.1, -0.05) is 48.5 Å². The van der Waals surface area contributed by atoms with Crippen LogP contribution in [0.1, 0.15) is 50.6 Å². The van der Waals surface area contributed by atoms with Crippen LogP contribution in [-0.2, 0) is 24.4 Å². The second-order valence-electron chi connectivity index (χ2n) is 11.9. The fraction of sp³-hybridized carbons (Fsp3) is 0.353. The quantitative estimate of drug-likeness (QED) is 0.233. The van der Waals surface area contributed by atoms with E-state index in [1.807, 2.05) is 62.4 Å². The lowest BCUT2D eigenvalue weighted by Crippen LogP contribution is -2.59. The standard InChI is InChI=1S/C34H37FN6O3/c1-24(2)44-30-14-7-11-27(17-30)20-38-16-15-34(19-25(38)3)32(42)39(33(43)41(34)29-13-8-12-28(35)18-29)22-31-36-23-37-40(31)21-26-9-5-4-6-10-26/h4-14,17-18,23-25H,15-16,19-22H2,1-3H3/t25-,34+/m0/s1. The Balaban J connectivity index is 1.27. The Kier molecular flexibility index (Phi) is 8.18. The first kappa shape index (κ1) is 29.5. The van der Waals surface area contributed by atoms with Crippen LogP contribution in [0.2, 0.25) is 0 Å². The number of rotatable bonds is 9. The maximum atomic E-state index is 14.5. The number of imide groups is 1. The summed E-state index contributed by atoms with van der Waals surface area (Å²) in [5, 5.41) is 4.36. The number of nitrogens with zero attached hydrogens (tertiary/aromatic N) is 6. The summed E-state index contributed by atoms with van der Waals surface area (Å²) in [6.07, 6.45) is 2.33. The number of halogens is 1. The van der Waals surface area contributed by atoms with E-state index in [-0.39, 0.29) is 24.6 Å². The van der Waals surface area contributed by atoms with E-state index in [1.165, 1.54) is 28.3 Å². The number of hydrogen-bond acceptors (Lipinski definition) is 6. The first-order chi connectivity index (χ1) is 21.2. The minimum absolute atomic E-state index is 0.0290. The Hall–Kier alpha value is -4.57. The second-order valence-corrected chi connectivity index (χ2v) is 11.9. The highest BCUT2D eigenvalue weighted by Crippen LogP contribution is 2.43. The number of benzene rings is 3. The molecule has 3 heterocycles. The average Bonchev–Trinajstić information content (AvgIpc) is 3.50. The van der Waals surface area contributed by atoms with Gasteiger partial charge in [-0.05, 0) is 75.1 Å². The van der Waals surface area contributed by atoms with Crippen molar-refractivity contribution in [3.05, 3.63) is 108 Å². The summed E-state index contributed by atoms with van der Waals surface area (Å²) in [6.45, 7) is 7.77. The van der Waals surface area contributed by atoms with E-state index < -0.39 is 17.4 Å². The Morgan fingerprint density at radius 1 is 0.955 bits per heavy atom. The van der Waals surface area contributed by atoms with Gasteiger partial charge in [0.25, 0.3) is 5.91 Å². The Labute approximate surface area is 256 Å². The summed E-state index contributed by atoms with van der Waals surface area (Å²) in [5.74, 6) is 0.566. The molecule has 4 aromatic rings. The summed E-state index contributed by atoms with van der Waals surface area (Å²) in [7, 11) is 0. The molecule has 9 nitrogen and oxygen atoms in total. The lowest BCUT2D eigenvalue weighted by molar-refractivity contribution is -0.133. The number of aromatic nitrogens is 3. The van der Waals surface area contributed by atoms with Gasteiger partial charge in [0.2, 0.25) is 0 Å². The number of piperidine rings is 1. The molecule has 0 unspecified atom stereocenters. The fourth-order valence-electron chi connectivity index (χ4n) is 6.41. The summed E-state index contributed by atoms with van der Waals surface area (Å²) in [4.78, 5) is 38.0. The Morgan fingerprint density at radius 2 is 1.73 bits per heavy atom. The molecule has 1 spiro atoms. The summed E-state index contributed by atoms with van der Waals surface area (Å²) in [6, 6.07) is 23.3. The van der Waals surface area contributed by atoms with Crippen LogP contribution in [0.3, 0.4) is 0 Å². The number of anilines is 1. The topological polar surface area (TPSA) is 83.8 Å². The number of carbonyl (C=O) groups excluding carboxylic acids is 2. The van der Waals surface area contributed by atoms with Crippen molar-refractivity contribution < 1.29 is 18.7 Å². The van der Waals surface area contributed by atoms with Crippen molar-refractivity contribution in [2.45, 2.75) is 70.9 Å². The number of amides is 3. The highest BCUT2D eigenvalue weighted by Gasteiger charge is 2.60. The SMILES string of the molecule is CC(C)Oc1cccc(CN2CC[C@@]3(C[C@@H]2C)C(=O)N(Cc2ncnn2Cc2ccccc2)C(=O)N3c2cccc(F)c2)c1. The first-order valence-corrected chi connectivity index (χ1v) is 15.1. The van der Waals surface area contributed by atoms with Crippen LogP contribution in [0.4, 0.5) is 14.9 Å². The van der Waals surface area contributed by atoms with Gasteiger partial charge in [0, 0.05) is 24.8 Å². The smallest absolute Gasteiger partial charge is 0.332 e. The van der Waals surface area contributed by atoms with E-state index in [1.54, 1.807) is 16.8 Å². The van der Waals surface area contributed by atoms with Gasteiger partial charge in [0.05, 0.1) is 19.2 Å². The molecule has 3 aromatic carbocycles. The molecule has 228 valence electrons. The van der Waals surface area contributed by atoms with E-state index in [9.17, 15) is 14.0 Å². The van der Waals surface area contributed by atoms with Crippen molar-refractivity contribution in [1.82, 2.24) is 24.6 Å². The minimum Gasteiger partial charge on any atom is -0.491 e. The van der Waals surface area contributed by atoms with E-state index >= 15 is 0 Å². The molecule has 0 aliphatic carbocycles. The van der Waals surface area contributed by atoms with Gasteiger partial charge >= 0.3 is 6.03 Å². The van der Waals surface area contributed by atoms with Gasteiger partial charge in [-0.2, -0.15) is 5.10 Å². The summed E-state index contributed by atoms with van der Waals surface area (Å²) >= 11 is 0. The van der Waals surface area contributed by atoms with Crippen molar-refractivity contribution in [1.29, 1.82) is 0 Å². The summed E-state index contributed by atoms with van der Waals surface area (Å²) in [5.41, 5.74) is 1.36. The van der Waals surface area contributed by atoms with Gasteiger partial charge in [0.1, 0.15) is 29.3 Å². The maximum absolute atomic E-state index is 14.5. The molecule has 0 saturated carbocycles. The van der Waals surface area contributed by atoms with E-state index in [0.717, 1.165) is 16.9 Å². The molecule has 2 saturated heterocycles. The number of ether oxygens (including phenoxy) is 1. The molecule has 10 heteroatoms. The zero-order valence-electron chi connectivity index (χ0n) is 25.3. The molecular weight excluding hydrogens is 559 g/mol. The molecule has 3 amide bonds. The average molecular weight is 597 g/mol. The summed E-state index contributed by atoms with van der Waals surface area (Å²) < 4.78 is 22.1. The number of hydrogen-bond donors (Lipinski definition) is 0. The lowest BCUT2D eigenvalue weighted by Gasteiger charge is -2.45.